The molecule has 2 amide bonds. The van der Waals surface area contributed by atoms with Gasteiger partial charge in [0.15, 0.2) is 0 Å². The fourth-order valence-electron chi connectivity index (χ4n) is 3.07. The number of piperazine rings is 1. The molecule has 1 aliphatic heterocycles. The van der Waals surface area contributed by atoms with E-state index in [1.807, 2.05) is 4.90 Å². The Bertz CT molecular complexity index is 330. The largest absolute Gasteiger partial charge is 0.345 e. The van der Waals surface area contributed by atoms with Gasteiger partial charge in [0.25, 0.3) is 0 Å². The first-order valence-electron chi connectivity index (χ1n) is 6.31. The molecular weight excluding hydrogens is 204 g/mol. The predicted octanol–water partition coefficient (Wildman–Crippen LogP) is 0.668. The summed E-state index contributed by atoms with van der Waals surface area (Å²) >= 11 is 0. The van der Waals surface area contributed by atoms with Crippen molar-refractivity contribution in [1.82, 2.24) is 10.2 Å². The first-order chi connectivity index (χ1) is 7.72. The maximum absolute atomic E-state index is 12.1. The van der Waals surface area contributed by atoms with Crippen molar-refractivity contribution in [2.75, 3.05) is 13.1 Å². The summed E-state index contributed by atoms with van der Waals surface area (Å²) in [5.74, 6) is 0.867. The summed E-state index contributed by atoms with van der Waals surface area (Å²) in [6.45, 7) is 1.01. The highest BCUT2D eigenvalue weighted by Gasteiger charge is 2.51. The van der Waals surface area contributed by atoms with Gasteiger partial charge in [0, 0.05) is 6.54 Å². The van der Waals surface area contributed by atoms with Crippen LogP contribution in [0.4, 0.5) is 0 Å². The van der Waals surface area contributed by atoms with E-state index in [9.17, 15) is 9.59 Å². The molecule has 3 fully saturated rings. The molecule has 0 radical (unpaired) electrons. The van der Waals surface area contributed by atoms with E-state index in [0.29, 0.717) is 5.92 Å². The lowest BCUT2D eigenvalue weighted by Crippen LogP contribution is -2.66. The summed E-state index contributed by atoms with van der Waals surface area (Å²) in [6.07, 6.45) is 6.31. The molecule has 1 saturated heterocycles. The van der Waals surface area contributed by atoms with Crippen molar-refractivity contribution >= 4 is 11.8 Å². The van der Waals surface area contributed by atoms with Crippen molar-refractivity contribution in [2.24, 2.45) is 5.92 Å². The highest BCUT2D eigenvalue weighted by Crippen LogP contribution is 2.40. The van der Waals surface area contributed by atoms with Gasteiger partial charge in [0.05, 0.1) is 6.54 Å². The average molecular weight is 222 g/mol. The van der Waals surface area contributed by atoms with Gasteiger partial charge in [-0.25, -0.2) is 0 Å². The summed E-state index contributed by atoms with van der Waals surface area (Å²) in [5, 5.41) is 2.76. The average Bonchev–Trinajstić information content (AvgIpc) is 2.97. The van der Waals surface area contributed by atoms with E-state index in [4.69, 9.17) is 0 Å². The van der Waals surface area contributed by atoms with Crippen LogP contribution in [0, 0.1) is 5.92 Å². The Morgan fingerprint density at radius 3 is 2.56 bits per heavy atom. The van der Waals surface area contributed by atoms with Crippen molar-refractivity contribution in [3.63, 3.8) is 0 Å². The van der Waals surface area contributed by atoms with Gasteiger partial charge in [-0.05, 0) is 31.6 Å². The highest BCUT2D eigenvalue weighted by molar-refractivity contribution is 5.98. The number of hydrogen-bond donors (Lipinski definition) is 1. The second kappa shape index (κ2) is 3.47. The van der Waals surface area contributed by atoms with E-state index in [-0.39, 0.29) is 18.4 Å². The first-order valence-corrected chi connectivity index (χ1v) is 6.31. The lowest BCUT2D eigenvalue weighted by Gasteiger charge is -2.43. The van der Waals surface area contributed by atoms with E-state index >= 15 is 0 Å². The van der Waals surface area contributed by atoms with Gasteiger partial charge in [0.2, 0.25) is 11.8 Å². The number of carbonyl (C=O) groups excluding carboxylic acids is 2. The van der Waals surface area contributed by atoms with Gasteiger partial charge in [-0.1, -0.05) is 12.8 Å². The van der Waals surface area contributed by atoms with E-state index in [2.05, 4.69) is 5.32 Å². The molecule has 88 valence electrons. The molecule has 1 N–H and O–H groups in total. The SMILES string of the molecule is O=C1CNC(=O)C2(CCCC2)N1CC1CC1. The molecular formula is C12H18N2O2. The monoisotopic (exact) mass is 222 g/mol. The summed E-state index contributed by atoms with van der Waals surface area (Å²) < 4.78 is 0. The number of amides is 2. The van der Waals surface area contributed by atoms with Crippen LogP contribution in [0.15, 0.2) is 0 Å². The number of hydrogen-bond acceptors (Lipinski definition) is 2. The highest BCUT2D eigenvalue weighted by atomic mass is 16.2. The van der Waals surface area contributed by atoms with Crippen LogP contribution in [-0.2, 0) is 9.59 Å². The number of rotatable bonds is 2. The minimum Gasteiger partial charge on any atom is -0.345 e. The number of carbonyl (C=O) groups is 2. The maximum Gasteiger partial charge on any atom is 0.246 e. The smallest absolute Gasteiger partial charge is 0.246 e. The Labute approximate surface area is 95.4 Å². The van der Waals surface area contributed by atoms with Crippen LogP contribution in [0.2, 0.25) is 0 Å². The topological polar surface area (TPSA) is 49.4 Å². The Morgan fingerprint density at radius 1 is 1.25 bits per heavy atom. The molecule has 3 rings (SSSR count). The molecule has 0 aromatic carbocycles. The molecule has 0 aromatic heterocycles. The molecule has 4 nitrogen and oxygen atoms in total. The normalized spacial score (nSPS) is 28.6. The summed E-state index contributed by atoms with van der Waals surface area (Å²) in [7, 11) is 0. The van der Waals surface area contributed by atoms with Gasteiger partial charge in [0.1, 0.15) is 5.54 Å². The van der Waals surface area contributed by atoms with Gasteiger partial charge >= 0.3 is 0 Å². The number of nitrogens with zero attached hydrogens (tertiary/aromatic N) is 1. The van der Waals surface area contributed by atoms with Gasteiger partial charge in [-0.3, -0.25) is 9.59 Å². The third-order valence-corrected chi connectivity index (χ3v) is 4.21. The first kappa shape index (κ1) is 10.1. The molecule has 0 atom stereocenters. The van der Waals surface area contributed by atoms with Crippen LogP contribution < -0.4 is 5.32 Å². The zero-order valence-corrected chi connectivity index (χ0v) is 9.50. The Balaban J connectivity index is 1.87. The third kappa shape index (κ3) is 1.43. The lowest BCUT2D eigenvalue weighted by molar-refractivity contribution is -0.153. The number of nitrogens with one attached hydrogen (secondary N) is 1. The van der Waals surface area contributed by atoms with Crippen molar-refractivity contribution in [1.29, 1.82) is 0 Å². The minimum atomic E-state index is -0.474. The van der Waals surface area contributed by atoms with Crippen LogP contribution in [0.3, 0.4) is 0 Å². The fourth-order valence-corrected chi connectivity index (χ4v) is 3.07. The third-order valence-electron chi connectivity index (χ3n) is 4.21. The van der Waals surface area contributed by atoms with Crippen LogP contribution in [0.1, 0.15) is 38.5 Å². The fraction of sp³-hybridized carbons (Fsp3) is 0.833. The molecule has 3 aliphatic rings. The summed E-state index contributed by atoms with van der Waals surface area (Å²) in [5.41, 5.74) is -0.474. The lowest BCUT2D eigenvalue weighted by atomic mass is 9.91. The van der Waals surface area contributed by atoms with E-state index in [0.717, 1.165) is 32.2 Å². The minimum absolute atomic E-state index is 0.0882. The van der Waals surface area contributed by atoms with Crippen LogP contribution in [0.25, 0.3) is 0 Å². The Kier molecular flexibility index (Phi) is 2.19. The second-order valence-electron chi connectivity index (χ2n) is 5.37. The van der Waals surface area contributed by atoms with Crippen LogP contribution in [0.5, 0.6) is 0 Å². The zero-order valence-electron chi connectivity index (χ0n) is 9.50. The molecule has 2 saturated carbocycles. The molecule has 2 aliphatic carbocycles. The van der Waals surface area contributed by atoms with E-state index in [1.165, 1.54) is 12.8 Å². The quantitative estimate of drug-likeness (QED) is 0.746. The zero-order chi connectivity index (χ0) is 11.2. The van der Waals surface area contributed by atoms with E-state index in [1.54, 1.807) is 0 Å². The summed E-state index contributed by atoms with van der Waals surface area (Å²) in [6, 6.07) is 0. The molecule has 1 spiro atoms. The van der Waals surface area contributed by atoms with Gasteiger partial charge < -0.3 is 10.2 Å². The van der Waals surface area contributed by atoms with Crippen molar-refractivity contribution < 1.29 is 9.59 Å². The Morgan fingerprint density at radius 2 is 1.94 bits per heavy atom. The molecule has 1 heterocycles. The second-order valence-corrected chi connectivity index (χ2v) is 5.37. The van der Waals surface area contributed by atoms with Gasteiger partial charge in [-0.15, -0.1) is 0 Å². The molecule has 4 heteroatoms. The maximum atomic E-state index is 12.1. The standard InChI is InChI=1S/C12H18N2O2/c15-10-7-13-11(16)12(5-1-2-6-12)14(10)8-9-3-4-9/h9H,1-8H2,(H,13,16). The van der Waals surface area contributed by atoms with Crippen LogP contribution in [-0.4, -0.2) is 35.3 Å². The molecule has 0 aromatic rings. The van der Waals surface area contributed by atoms with Crippen molar-refractivity contribution in [3.8, 4) is 0 Å². The predicted molar refractivity (Wildman–Crippen MR) is 58.6 cm³/mol. The van der Waals surface area contributed by atoms with E-state index < -0.39 is 5.54 Å². The molecule has 0 bridgehead atoms. The van der Waals surface area contributed by atoms with Crippen LogP contribution >= 0.6 is 0 Å². The molecule has 0 unspecified atom stereocenters. The Hall–Kier alpha value is -1.06. The molecule has 16 heavy (non-hydrogen) atoms. The van der Waals surface area contributed by atoms with Crippen molar-refractivity contribution in [3.05, 3.63) is 0 Å². The van der Waals surface area contributed by atoms with Crippen molar-refractivity contribution in [2.45, 2.75) is 44.1 Å². The summed E-state index contributed by atoms with van der Waals surface area (Å²) in [4.78, 5) is 25.9. The van der Waals surface area contributed by atoms with Gasteiger partial charge in [-0.2, -0.15) is 0 Å².